The van der Waals surface area contributed by atoms with Crippen LogP contribution in [0.3, 0.4) is 0 Å². The molecule has 0 saturated carbocycles. The normalized spacial score (nSPS) is 5.14. The second-order valence-electron chi connectivity index (χ2n) is 1.000. The topological polar surface area (TPSA) is 0 Å². The zero-order valence-electron chi connectivity index (χ0n) is 5.14. The van der Waals surface area contributed by atoms with E-state index in [1.807, 2.05) is 13.8 Å². The minimum atomic E-state index is 0. The van der Waals surface area contributed by atoms with Crippen molar-refractivity contribution in [3.8, 4) is 0 Å². The van der Waals surface area contributed by atoms with Crippen LogP contribution in [0.2, 0.25) is 0 Å². The van der Waals surface area contributed by atoms with Crippen molar-refractivity contribution in [2.75, 3.05) is 0 Å². The Bertz CT molecular complexity index is 6.14. The summed E-state index contributed by atoms with van der Waals surface area (Å²) in [6, 6.07) is 0. The first-order valence-electron chi connectivity index (χ1n) is 2.41. The Morgan fingerprint density at radius 3 is 1.00 bits per heavy atom. The van der Waals surface area contributed by atoms with Crippen molar-refractivity contribution < 1.29 is 16.5 Å². The average molecular weight is 145 g/mol. The molecule has 0 aliphatic heterocycles. The molecule has 0 spiro atoms. The molecule has 0 aromatic rings. The van der Waals surface area contributed by atoms with Crippen molar-refractivity contribution in [3.05, 3.63) is 13.8 Å². The van der Waals surface area contributed by atoms with Crippen LogP contribution in [0.25, 0.3) is 0 Å². The first kappa shape index (κ1) is 15.6. The Morgan fingerprint density at radius 1 is 1.00 bits per heavy atom. The van der Waals surface area contributed by atoms with E-state index in [1.165, 1.54) is 0 Å². The van der Waals surface area contributed by atoms with Gasteiger partial charge in [0.05, 0.1) is 0 Å². The largest absolute Gasteiger partial charge is 2.00 e. The Morgan fingerprint density at radius 2 is 1.00 bits per heavy atom. The van der Waals surface area contributed by atoms with Crippen LogP contribution in [0.1, 0.15) is 26.7 Å². The molecule has 0 N–H and O–H groups in total. The molecule has 0 rings (SSSR count). The zero-order chi connectivity index (χ0) is 5.41. The van der Waals surface area contributed by atoms with Crippen molar-refractivity contribution in [2.24, 2.45) is 0 Å². The van der Waals surface area contributed by atoms with E-state index in [0.29, 0.717) is 0 Å². The predicted molar refractivity (Wildman–Crippen MR) is 31.3 cm³/mol. The smallest absolute Gasteiger partial charge is 0.344 e. The fraction of sp³-hybridized carbons (Fsp3) is 0.667. The Labute approximate surface area is 57.6 Å². The Balaban J connectivity index is -0.0000000400. The fourth-order valence-corrected chi connectivity index (χ4v) is 0. The molecule has 0 unspecified atom stereocenters. The molecule has 0 aliphatic rings. The van der Waals surface area contributed by atoms with Gasteiger partial charge in [0.15, 0.2) is 0 Å². The first-order chi connectivity index (χ1) is 2.83. The van der Waals surface area contributed by atoms with Crippen LogP contribution in [-0.4, -0.2) is 0 Å². The van der Waals surface area contributed by atoms with Crippen LogP contribution in [-0.2, 0) is 16.5 Å². The third-order valence-corrected chi connectivity index (χ3v) is 0. The van der Waals surface area contributed by atoms with Crippen molar-refractivity contribution in [1.82, 2.24) is 0 Å². The average Bonchev–Trinajstić information content (AvgIpc) is 1.39. The predicted octanol–water partition coefficient (Wildman–Crippen LogP) is 2.46. The van der Waals surface area contributed by atoms with E-state index in [2.05, 4.69) is 13.8 Å². The van der Waals surface area contributed by atoms with Crippen LogP contribution in [0, 0.1) is 13.8 Å². The third-order valence-electron chi connectivity index (χ3n) is 0. The van der Waals surface area contributed by atoms with Crippen LogP contribution in [0.15, 0.2) is 0 Å². The first-order valence-corrected chi connectivity index (χ1v) is 2.41. The summed E-state index contributed by atoms with van der Waals surface area (Å²) in [5, 5.41) is 0. The molecule has 0 saturated heterocycles. The van der Waals surface area contributed by atoms with Gasteiger partial charge in [0.2, 0.25) is 0 Å². The summed E-state index contributed by atoms with van der Waals surface area (Å²) >= 11 is 0. The number of rotatable bonds is 0. The summed E-state index contributed by atoms with van der Waals surface area (Å²) in [5.74, 6) is 0. The summed E-state index contributed by atoms with van der Waals surface area (Å²) in [5.41, 5.74) is 0. The zero-order valence-corrected chi connectivity index (χ0v) is 6.13. The number of hydrogen-bond acceptors (Lipinski definition) is 0. The minimum absolute atomic E-state index is 0. The minimum Gasteiger partial charge on any atom is -0.344 e. The fourth-order valence-electron chi connectivity index (χ4n) is 0. The van der Waals surface area contributed by atoms with Crippen LogP contribution < -0.4 is 0 Å². The molecular weight excluding hydrogens is 131 g/mol. The van der Waals surface area contributed by atoms with Crippen molar-refractivity contribution in [1.29, 1.82) is 0 Å². The molecule has 0 bridgehead atoms. The molecule has 0 radical (unpaired) electrons. The monoisotopic (exact) mass is 144 g/mol. The summed E-state index contributed by atoms with van der Waals surface area (Å²) in [6.45, 7) is 11.0. The van der Waals surface area contributed by atoms with E-state index < -0.39 is 0 Å². The second-order valence-corrected chi connectivity index (χ2v) is 1.000. The van der Waals surface area contributed by atoms with E-state index in [0.717, 1.165) is 12.8 Å². The number of hydrogen-bond donors (Lipinski definition) is 0. The van der Waals surface area contributed by atoms with Crippen molar-refractivity contribution in [2.45, 2.75) is 26.7 Å². The van der Waals surface area contributed by atoms with Crippen molar-refractivity contribution in [3.63, 3.8) is 0 Å². The van der Waals surface area contributed by atoms with Crippen molar-refractivity contribution >= 4 is 0 Å². The van der Waals surface area contributed by atoms with E-state index >= 15 is 0 Å². The molecule has 0 atom stereocenters. The van der Waals surface area contributed by atoms with E-state index in [9.17, 15) is 0 Å². The van der Waals surface area contributed by atoms with Gasteiger partial charge in [-0.25, -0.2) is 0 Å². The molecule has 1 heteroatoms. The van der Waals surface area contributed by atoms with Gasteiger partial charge in [-0.1, -0.05) is 13.8 Å². The maximum Gasteiger partial charge on any atom is 2.00 e. The van der Waals surface area contributed by atoms with Crippen LogP contribution in [0.5, 0.6) is 0 Å². The molecule has 0 aliphatic carbocycles. The molecule has 0 aromatic carbocycles. The maximum atomic E-state index is 3.49. The van der Waals surface area contributed by atoms with Gasteiger partial charge in [0.25, 0.3) is 0 Å². The molecule has 0 aromatic heterocycles. The van der Waals surface area contributed by atoms with E-state index in [-0.39, 0.29) is 16.5 Å². The van der Waals surface area contributed by atoms with E-state index in [4.69, 9.17) is 0 Å². The van der Waals surface area contributed by atoms with Gasteiger partial charge >= 0.3 is 16.5 Å². The van der Waals surface area contributed by atoms with Gasteiger partial charge in [0.1, 0.15) is 0 Å². The SMILES string of the molecule is [CH2-]CC.[CH2-]CC.[Ni+2]. The summed E-state index contributed by atoms with van der Waals surface area (Å²) in [4.78, 5) is 0. The van der Waals surface area contributed by atoms with Gasteiger partial charge < -0.3 is 13.8 Å². The standard InChI is InChI=1S/2C3H7.Ni/c2*1-3-2;/h2*1,3H2,2H3;/q2*-1;+2. The maximum absolute atomic E-state index is 3.49. The second kappa shape index (κ2) is 31.5. The molecule has 7 heavy (non-hydrogen) atoms. The Kier molecular flexibility index (Phi) is 70.5. The summed E-state index contributed by atoms with van der Waals surface area (Å²) in [6.07, 6.45) is 2.00. The molecule has 0 heterocycles. The van der Waals surface area contributed by atoms with Gasteiger partial charge in [-0.2, -0.15) is 12.8 Å². The van der Waals surface area contributed by atoms with Gasteiger partial charge in [-0.15, -0.1) is 0 Å². The summed E-state index contributed by atoms with van der Waals surface area (Å²) in [7, 11) is 0. The van der Waals surface area contributed by atoms with Gasteiger partial charge in [0, 0.05) is 0 Å². The van der Waals surface area contributed by atoms with Gasteiger partial charge in [-0.3, -0.25) is 0 Å². The molecular formula is C6H14Ni. The molecule has 0 amide bonds. The van der Waals surface area contributed by atoms with Crippen LogP contribution in [0.4, 0.5) is 0 Å². The van der Waals surface area contributed by atoms with Gasteiger partial charge in [-0.05, 0) is 0 Å². The quantitative estimate of drug-likeness (QED) is 0.362. The Hall–Kier alpha value is 0.494. The van der Waals surface area contributed by atoms with Crippen LogP contribution >= 0.6 is 0 Å². The van der Waals surface area contributed by atoms with E-state index in [1.54, 1.807) is 0 Å². The molecule has 48 valence electrons. The molecule has 0 nitrogen and oxygen atoms in total. The molecule has 0 fully saturated rings. The third kappa shape index (κ3) is 538. The summed E-state index contributed by atoms with van der Waals surface area (Å²) < 4.78 is 0.